The van der Waals surface area contributed by atoms with E-state index in [1.54, 1.807) is 0 Å². The molecular formula is C15H16O2. The average Bonchev–Trinajstić information content (AvgIpc) is 2.42. The normalized spacial score (nSPS) is 10.7. The molecule has 2 aromatic carbocycles. The lowest BCUT2D eigenvalue weighted by molar-refractivity contribution is 0.0501. The van der Waals surface area contributed by atoms with E-state index in [-0.39, 0.29) is 12.7 Å². The van der Waals surface area contributed by atoms with Gasteiger partial charge in [0.05, 0.1) is 13.2 Å². The molecule has 1 N–H and O–H groups in total. The van der Waals surface area contributed by atoms with Gasteiger partial charge in [-0.1, -0.05) is 60.7 Å². The van der Waals surface area contributed by atoms with Crippen LogP contribution in [-0.4, -0.2) is 18.3 Å². The molecule has 0 saturated heterocycles. The summed E-state index contributed by atoms with van der Waals surface area (Å²) >= 11 is 0. The molecule has 0 bridgehead atoms. The van der Waals surface area contributed by atoms with Gasteiger partial charge in [0, 0.05) is 0 Å². The van der Waals surface area contributed by atoms with Crippen molar-refractivity contribution in [1.82, 2.24) is 0 Å². The van der Waals surface area contributed by atoms with Crippen molar-refractivity contribution in [2.45, 2.75) is 6.10 Å². The molecule has 0 aromatic heterocycles. The maximum atomic E-state index is 8.88. The average molecular weight is 228 g/mol. The Morgan fingerprint density at radius 3 is 1.71 bits per heavy atom. The summed E-state index contributed by atoms with van der Waals surface area (Å²) in [5.74, 6) is 0. The number of hydrogen-bond acceptors (Lipinski definition) is 2. The first-order valence-electron chi connectivity index (χ1n) is 5.74. The standard InChI is InChI=1S/C15H16O2/c16-11-12-17-15(13-7-3-1-4-8-13)14-9-5-2-6-10-14/h1-10,15-16H,11-12H2. The van der Waals surface area contributed by atoms with Crippen LogP contribution in [0.15, 0.2) is 60.7 Å². The number of aliphatic hydroxyl groups excluding tert-OH is 1. The van der Waals surface area contributed by atoms with Gasteiger partial charge in [0.15, 0.2) is 0 Å². The predicted molar refractivity (Wildman–Crippen MR) is 67.8 cm³/mol. The molecule has 2 heteroatoms. The van der Waals surface area contributed by atoms with E-state index < -0.39 is 0 Å². The summed E-state index contributed by atoms with van der Waals surface area (Å²) in [6.07, 6.45) is -0.107. The minimum atomic E-state index is -0.107. The van der Waals surface area contributed by atoms with E-state index in [2.05, 4.69) is 0 Å². The molecule has 0 amide bonds. The van der Waals surface area contributed by atoms with Gasteiger partial charge in [0.1, 0.15) is 6.10 Å². The van der Waals surface area contributed by atoms with Crippen molar-refractivity contribution in [3.63, 3.8) is 0 Å². The van der Waals surface area contributed by atoms with Crippen molar-refractivity contribution in [1.29, 1.82) is 0 Å². The zero-order valence-corrected chi connectivity index (χ0v) is 9.62. The SMILES string of the molecule is OCCOC(c1ccccc1)c1ccccc1. The topological polar surface area (TPSA) is 29.5 Å². The Kier molecular flexibility index (Phi) is 4.30. The van der Waals surface area contributed by atoms with Crippen LogP contribution in [0.1, 0.15) is 17.2 Å². The molecule has 88 valence electrons. The number of rotatable bonds is 5. The quantitative estimate of drug-likeness (QED) is 0.852. The lowest BCUT2D eigenvalue weighted by atomic mass is 10.0. The zero-order chi connectivity index (χ0) is 11.9. The van der Waals surface area contributed by atoms with Crippen molar-refractivity contribution in [2.24, 2.45) is 0 Å². The highest BCUT2D eigenvalue weighted by molar-refractivity contribution is 5.29. The second kappa shape index (κ2) is 6.18. The van der Waals surface area contributed by atoms with Crippen molar-refractivity contribution in [3.8, 4) is 0 Å². The van der Waals surface area contributed by atoms with Crippen molar-refractivity contribution in [2.75, 3.05) is 13.2 Å². The smallest absolute Gasteiger partial charge is 0.108 e. The first-order valence-corrected chi connectivity index (χ1v) is 5.74. The maximum Gasteiger partial charge on any atom is 0.108 e. The molecule has 0 aliphatic carbocycles. The Labute approximate surface area is 101 Å². The van der Waals surface area contributed by atoms with Gasteiger partial charge in [-0.2, -0.15) is 0 Å². The first kappa shape index (κ1) is 11.8. The summed E-state index contributed by atoms with van der Waals surface area (Å²) in [5.41, 5.74) is 2.21. The molecule has 17 heavy (non-hydrogen) atoms. The summed E-state index contributed by atoms with van der Waals surface area (Å²) in [6.45, 7) is 0.380. The van der Waals surface area contributed by atoms with E-state index in [9.17, 15) is 0 Å². The molecule has 0 radical (unpaired) electrons. The van der Waals surface area contributed by atoms with Crippen LogP contribution in [0.3, 0.4) is 0 Å². The van der Waals surface area contributed by atoms with E-state index in [4.69, 9.17) is 9.84 Å². The molecule has 0 fully saturated rings. The van der Waals surface area contributed by atoms with Gasteiger partial charge in [-0.25, -0.2) is 0 Å². The summed E-state index contributed by atoms with van der Waals surface area (Å²) in [5, 5.41) is 8.88. The van der Waals surface area contributed by atoms with E-state index in [0.717, 1.165) is 11.1 Å². The van der Waals surface area contributed by atoms with Gasteiger partial charge in [0.2, 0.25) is 0 Å². The first-order chi connectivity index (χ1) is 8.42. The molecule has 0 aliphatic rings. The number of hydrogen-bond donors (Lipinski definition) is 1. The molecule has 2 aromatic rings. The number of benzene rings is 2. The van der Waals surface area contributed by atoms with Crippen LogP contribution >= 0.6 is 0 Å². The Morgan fingerprint density at radius 2 is 1.29 bits per heavy atom. The van der Waals surface area contributed by atoms with E-state index in [1.807, 2.05) is 60.7 Å². The molecule has 0 heterocycles. The van der Waals surface area contributed by atoms with E-state index in [0.29, 0.717) is 6.61 Å². The summed E-state index contributed by atoms with van der Waals surface area (Å²) in [6, 6.07) is 20.1. The molecule has 0 saturated carbocycles. The molecule has 0 spiro atoms. The van der Waals surface area contributed by atoms with Crippen molar-refractivity contribution >= 4 is 0 Å². The maximum absolute atomic E-state index is 8.88. The van der Waals surface area contributed by atoms with Crippen molar-refractivity contribution in [3.05, 3.63) is 71.8 Å². The number of ether oxygens (including phenoxy) is 1. The Hall–Kier alpha value is -1.64. The van der Waals surface area contributed by atoms with Gasteiger partial charge in [-0.15, -0.1) is 0 Å². The van der Waals surface area contributed by atoms with Gasteiger partial charge in [0.25, 0.3) is 0 Å². The highest BCUT2D eigenvalue weighted by atomic mass is 16.5. The second-order valence-electron chi connectivity index (χ2n) is 3.80. The van der Waals surface area contributed by atoms with Crippen molar-refractivity contribution < 1.29 is 9.84 Å². The summed E-state index contributed by atoms with van der Waals surface area (Å²) < 4.78 is 5.71. The zero-order valence-electron chi connectivity index (χ0n) is 9.62. The van der Waals surface area contributed by atoms with Gasteiger partial charge < -0.3 is 9.84 Å². The third kappa shape index (κ3) is 3.16. The Balaban J connectivity index is 2.26. The summed E-state index contributed by atoms with van der Waals surface area (Å²) in [7, 11) is 0. The lowest BCUT2D eigenvalue weighted by Gasteiger charge is -2.18. The van der Waals surface area contributed by atoms with Crippen LogP contribution in [0.2, 0.25) is 0 Å². The second-order valence-corrected chi connectivity index (χ2v) is 3.80. The number of aliphatic hydroxyl groups is 1. The highest BCUT2D eigenvalue weighted by Gasteiger charge is 2.13. The Bertz CT molecular complexity index is 386. The van der Waals surface area contributed by atoms with E-state index >= 15 is 0 Å². The fourth-order valence-electron chi connectivity index (χ4n) is 1.81. The molecule has 2 rings (SSSR count). The fourth-order valence-corrected chi connectivity index (χ4v) is 1.81. The highest BCUT2D eigenvalue weighted by Crippen LogP contribution is 2.25. The van der Waals surface area contributed by atoms with Crippen LogP contribution in [0.5, 0.6) is 0 Å². The van der Waals surface area contributed by atoms with E-state index in [1.165, 1.54) is 0 Å². The van der Waals surface area contributed by atoms with Crippen LogP contribution in [0.4, 0.5) is 0 Å². The molecule has 0 unspecified atom stereocenters. The predicted octanol–water partition coefficient (Wildman–Crippen LogP) is 2.78. The summed E-state index contributed by atoms with van der Waals surface area (Å²) in [4.78, 5) is 0. The third-order valence-electron chi connectivity index (χ3n) is 2.58. The molecule has 0 atom stereocenters. The molecular weight excluding hydrogens is 212 g/mol. The van der Waals surface area contributed by atoms with Crippen LogP contribution < -0.4 is 0 Å². The monoisotopic (exact) mass is 228 g/mol. The van der Waals surface area contributed by atoms with Gasteiger partial charge >= 0.3 is 0 Å². The van der Waals surface area contributed by atoms with Gasteiger partial charge in [-0.05, 0) is 11.1 Å². The van der Waals surface area contributed by atoms with Crippen LogP contribution in [0, 0.1) is 0 Å². The lowest BCUT2D eigenvalue weighted by Crippen LogP contribution is -2.09. The van der Waals surface area contributed by atoms with Gasteiger partial charge in [-0.3, -0.25) is 0 Å². The largest absolute Gasteiger partial charge is 0.394 e. The Morgan fingerprint density at radius 1 is 0.824 bits per heavy atom. The molecule has 0 aliphatic heterocycles. The minimum Gasteiger partial charge on any atom is -0.394 e. The van der Waals surface area contributed by atoms with Crippen LogP contribution in [-0.2, 0) is 4.74 Å². The molecule has 2 nitrogen and oxygen atoms in total. The third-order valence-corrected chi connectivity index (χ3v) is 2.58. The van der Waals surface area contributed by atoms with Crippen LogP contribution in [0.25, 0.3) is 0 Å². The minimum absolute atomic E-state index is 0.0379. The fraction of sp³-hybridized carbons (Fsp3) is 0.200.